The van der Waals surface area contributed by atoms with E-state index in [1.807, 2.05) is 0 Å². The predicted molar refractivity (Wildman–Crippen MR) is 77.6 cm³/mol. The molecule has 7 nitrogen and oxygen atoms in total. The quantitative estimate of drug-likeness (QED) is 0.609. The van der Waals surface area contributed by atoms with E-state index in [0.29, 0.717) is 6.54 Å². The fourth-order valence-electron chi connectivity index (χ4n) is 2.78. The molecule has 0 aliphatic carbocycles. The molecule has 2 fully saturated rings. The molecule has 2 aliphatic heterocycles. The van der Waals surface area contributed by atoms with Gasteiger partial charge in [0.25, 0.3) is 5.91 Å². The first kappa shape index (κ1) is 15.2. The van der Waals surface area contributed by atoms with E-state index in [2.05, 4.69) is 10.0 Å². The van der Waals surface area contributed by atoms with Crippen LogP contribution in [-0.4, -0.2) is 40.0 Å². The molecule has 0 radical (unpaired) electrons. The molecule has 2 saturated heterocycles. The van der Waals surface area contributed by atoms with Gasteiger partial charge in [-0.3, -0.25) is 13.8 Å². The van der Waals surface area contributed by atoms with Crippen molar-refractivity contribution < 1.29 is 23.6 Å². The second-order valence-corrected chi connectivity index (χ2v) is 6.52. The van der Waals surface area contributed by atoms with Crippen LogP contribution in [0.1, 0.15) is 18.1 Å². The number of amides is 1. The number of nitrogens with zero attached hydrogens (tertiary/aromatic N) is 1. The van der Waals surface area contributed by atoms with Crippen molar-refractivity contribution in [1.82, 2.24) is 10.0 Å². The molecule has 22 heavy (non-hydrogen) atoms. The van der Waals surface area contributed by atoms with E-state index in [9.17, 15) is 23.6 Å². The number of aliphatic hydroxyl groups is 1. The Balaban J connectivity index is 1.91. The zero-order chi connectivity index (χ0) is 15.9. The Labute approximate surface area is 128 Å². The lowest BCUT2D eigenvalue weighted by Gasteiger charge is -2.21. The average Bonchev–Trinajstić information content (AvgIpc) is 3.07. The van der Waals surface area contributed by atoms with Crippen molar-refractivity contribution in [1.29, 1.82) is 0 Å². The third-order valence-corrected chi connectivity index (χ3v) is 5.00. The van der Waals surface area contributed by atoms with Gasteiger partial charge in [-0.05, 0) is 30.7 Å². The second-order valence-electron chi connectivity index (χ2n) is 5.38. The Morgan fingerprint density at radius 2 is 2.23 bits per heavy atom. The van der Waals surface area contributed by atoms with Crippen LogP contribution in [0, 0.1) is 11.7 Å². The van der Waals surface area contributed by atoms with Gasteiger partial charge in [0, 0.05) is 12.5 Å². The smallest absolute Gasteiger partial charge is 0.253 e. The summed E-state index contributed by atoms with van der Waals surface area (Å²) < 4.78 is 29.1. The highest BCUT2D eigenvalue weighted by Crippen LogP contribution is 2.37. The van der Waals surface area contributed by atoms with Gasteiger partial charge in [-0.25, -0.2) is 8.60 Å². The molecule has 1 aromatic carbocycles. The van der Waals surface area contributed by atoms with Gasteiger partial charge >= 0.3 is 0 Å². The van der Waals surface area contributed by atoms with E-state index in [0.717, 1.165) is 23.3 Å². The van der Waals surface area contributed by atoms with Crippen LogP contribution in [-0.2, 0) is 16.0 Å². The van der Waals surface area contributed by atoms with Gasteiger partial charge in [-0.15, -0.1) is 0 Å². The summed E-state index contributed by atoms with van der Waals surface area (Å²) in [6.45, 7) is 1.11. The molecular formula is C13H16FN3O4S. The molecule has 2 heterocycles. The SMILES string of the molecule is O=C1CN(c2c(O)cc(C(O)C3CCNC3)cc2F)S(=O)N1. The lowest BCUT2D eigenvalue weighted by molar-refractivity contribution is -0.117. The predicted octanol–water partition coefficient (Wildman–Crippen LogP) is -0.311. The van der Waals surface area contributed by atoms with Gasteiger partial charge in [0.05, 0.1) is 6.10 Å². The average molecular weight is 329 g/mol. The molecule has 3 unspecified atom stereocenters. The minimum absolute atomic E-state index is 0.0474. The number of carbonyl (C=O) groups excluding carboxylic acids is 1. The standard InChI is InChI=1S/C13H16FN3O4S/c14-9-3-8(13(20)7-1-2-15-5-7)4-10(18)12(9)17-6-11(19)16-22(17)21/h3-4,7,13,15,18,20H,1-2,5-6H2,(H,16,19). The number of aromatic hydroxyl groups is 1. The molecule has 0 aromatic heterocycles. The Kier molecular flexibility index (Phi) is 4.02. The third-order valence-electron chi connectivity index (χ3n) is 3.89. The largest absolute Gasteiger partial charge is 0.506 e. The highest BCUT2D eigenvalue weighted by molar-refractivity contribution is 7.85. The van der Waals surface area contributed by atoms with E-state index in [1.54, 1.807) is 0 Å². The number of phenolic OH excluding ortho intramolecular Hbond substituents is 1. The van der Waals surface area contributed by atoms with Crippen LogP contribution in [0.15, 0.2) is 12.1 Å². The summed E-state index contributed by atoms with van der Waals surface area (Å²) in [4.78, 5) is 11.2. The zero-order valence-electron chi connectivity index (χ0n) is 11.6. The number of halogens is 1. The van der Waals surface area contributed by atoms with Crippen LogP contribution in [0.4, 0.5) is 10.1 Å². The molecule has 0 bridgehead atoms. The lowest BCUT2D eigenvalue weighted by atomic mass is 9.94. The number of benzene rings is 1. The van der Waals surface area contributed by atoms with E-state index in [-0.39, 0.29) is 23.7 Å². The van der Waals surface area contributed by atoms with Crippen LogP contribution in [0.25, 0.3) is 0 Å². The summed E-state index contributed by atoms with van der Waals surface area (Å²) >= 11 is -1.92. The Morgan fingerprint density at radius 1 is 1.45 bits per heavy atom. The van der Waals surface area contributed by atoms with E-state index in [1.165, 1.54) is 6.07 Å². The van der Waals surface area contributed by atoms with Crippen molar-refractivity contribution in [3.05, 3.63) is 23.5 Å². The highest BCUT2D eigenvalue weighted by Gasteiger charge is 2.32. The number of rotatable bonds is 3. The third kappa shape index (κ3) is 2.67. The van der Waals surface area contributed by atoms with Gasteiger partial charge in [0.1, 0.15) is 18.0 Å². The summed E-state index contributed by atoms with van der Waals surface area (Å²) in [6.07, 6.45) is -0.131. The van der Waals surface area contributed by atoms with Crippen molar-refractivity contribution in [2.45, 2.75) is 12.5 Å². The second kappa shape index (κ2) is 5.82. The lowest BCUT2D eigenvalue weighted by Crippen LogP contribution is -2.24. The molecular weight excluding hydrogens is 313 g/mol. The molecule has 0 spiro atoms. The van der Waals surface area contributed by atoms with Gasteiger partial charge in [0.2, 0.25) is 11.2 Å². The summed E-state index contributed by atoms with van der Waals surface area (Å²) in [7, 11) is 0. The number of hydrogen-bond acceptors (Lipinski definition) is 5. The monoisotopic (exact) mass is 329 g/mol. The van der Waals surface area contributed by atoms with E-state index in [4.69, 9.17) is 0 Å². The maximum atomic E-state index is 14.3. The molecule has 4 N–H and O–H groups in total. The summed E-state index contributed by atoms with van der Waals surface area (Å²) in [5.74, 6) is -1.85. The highest BCUT2D eigenvalue weighted by atomic mass is 32.2. The topological polar surface area (TPSA) is 102 Å². The van der Waals surface area contributed by atoms with Crippen molar-refractivity contribution in [3.8, 4) is 5.75 Å². The Morgan fingerprint density at radius 3 is 2.77 bits per heavy atom. The molecule has 1 amide bonds. The van der Waals surface area contributed by atoms with Gasteiger partial charge < -0.3 is 15.5 Å². The molecule has 2 aliphatic rings. The minimum Gasteiger partial charge on any atom is -0.506 e. The fraction of sp³-hybridized carbons (Fsp3) is 0.462. The first-order valence-corrected chi connectivity index (χ1v) is 7.98. The maximum absolute atomic E-state index is 14.3. The Bertz CT molecular complexity index is 613. The number of anilines is 1. The molecule has 3 atom stereocenters. The van der Waals surface area contributed by atoms with Gasteiger partial charge in [0.15, 0.2) is 5.82 Å². The zero-order valence-corrected chi connectivity index (χ0v) is 12.4. The van der Waals surface area contributed by atoms with Crippen molar-refractivity contribution in [2.75, 3.05) is 23.9 Å². The van der Waals surface area contributed by atoms with Gasteiger partial charge in [-0.1, -0.05) is 0 Å². The Hall–Kier alpha value is -1.71. The number of carbonyl (C=O) groups is 1. The summed E-state index contributed by atoms with van der Waals surface area (Å²) in [5.41, 5.74) is -0.0473. The van der Waals surface area contributed by atoms with Crippen molar-refractivity contribution in [2.24, 2.45) is 5.92 Å². The number of hydrogen-bond donors (Lipinski definition) is 4. The van der Waals surface area contributed by atoms with Crippen LogP contribution in [0.2, 0.25) is 0 Å². The van der Waals surface area contributed by atoms with E-state index >= 15 is 0 Å². The van der Waals surface area contributed by atoms with Crippen LogP contribution in [0.3, 0.4) is 0 Å². The van der Waals surface area contributed by atoms with Crippen LogP contribution < -0.4 is 14.3 Å². The molecule has 120 valence electrons. The number of nitrogens with one attached hydrogen (secondary N) is 2. The van der Waals surface area contributed by atoms with Crippen molar-refractivity contribution in [3.63, 3.8) is 0 Å². The normalized spacial score (nSPS) is 26.3. The summed E-state index contributed by atoms with van der Waals surface area (Å²) in [6, 6.07) is 2.36. The number of aliphatic hydroxyl groups excluding tert-OH is 1. The fourth-order valence-corrected chi connectivity index (χ4v) is 3.73. The molecule has 3 rings (SSSR count). The molecule has 1 aromatic rings. The number of phenols is 1. The van der Waals surface area contributed by atoms with E-state index < -0.39 is 34.7 Å². The summed E-state index contributed by atoms with van der Waals surface area (Å²) in [5, 5.41) is 23.4. The maximum Gasteiger partial charge on any atom is 0.253 e. The van der Waals surface area contributed by atoms with Crippen LogP contribution >= 0.6 is 0 Å². The van der Waals surface area contributed by atoms with Gasteiger partial charge in [-0.2, -0.15) is 0 Å². The molecule has 9 heteroatoms. The van der Waals surface area contributed by atoms with Crippen LogP contribution in [0.5, 0.6) is 5.75 Å². The first-order valence-electron chi connectivity index (χ1n) is 6.87. The first-order chi connectivity index (χ1) is 10.5. The minimum atomic E-state index is -1.92. The molecule has 0 saturated carbocycles. The van der Waals surface area contributed by atoms with Crippen molar-refractivity contribution >= 4 is 22.8 Å².